The van der Waals surface area contributed by atoms with Crippen molar-refractivity contribution in [1.29, 1.82) is 0 Å². The maximum absolute atomic E-state index is 11.7. The standard InChI is InChI=1S/C13H17ClN2O3/c1-7(2)11(12(17)18)16-13(19)15-9-5-4-8(3)10(14)6-9/h4-7,11H,1-3H3,(H,17,18)(H2,15,16,19)/t11-/m0/s1. The molecule has 0 bridgehead atoms. The van der Waals surface area contributed by atoms with Gasteiger partial charge in [-0.3, -0.25) is 0 Å². The number of rotatable bonds is 4. The van der Waals surface area contributed by atoms with Gasteiger partial charge in [0.15, 0.2) is 0 Å². The van der Waals surface area contributed by atoms with Crippen LogP contribution in [0.4, 0.5) is 10.5 Å². The van der Waals surface area contributed by atoms with Gasteiger partial charge in [0.05, 0.1) is 0 Å². The van der Waals surface area contributed by atoms with Crippen LogP contribution < -0.4 is 10.6 Å². The number of benzene rings is 1. The van der Waals surface area contributed by atoms with Gasteiger partial charge in [-0.05, 0) is 30.5 Å². The van der Waals surface area contributed by atoms with Gasteiger partial charge in [0.25, 0.3) is 0 Å². The van der Waals surface area contributed by atoms with Crippen molar-refractivity contribution >= 4 is 29.3 Å². The number of carbonyl (C=O) groups is 2. The average molecular weight is 285 g/mol. The smallest absolute Gasteiger partial charge is 0.326 e. The minimum Gasteiger partial charge on any atom is -0.480 e. The van der Waals surface area contributed by atoms with Crippen LogP contribution in [0.2, 0.25) is 5.02 Å². The summed E-state index contributed by atoms with van der Waals surface area (Å²) >= 11 is 5.94. The zero-order chi connectivity index (χ0) is 14.6. The minimum atomic E-state index is -1.06. The van der Waals surface area contributed by atoms with Gasteiger partial charge in [-0.15, -0.1) is 0 Å². The summed E-state index contributed by atoms with van der Waals surface area (Å²) in [6.07, 6.45) is 0. The molecule has 1 aromatic rings. The van der Waals surface area contributed by atoms with Crippen LogP contribution in [0.15, 0.2) is 18.2 Å². The topological polar surface area (TPSA) is 78.4 Å². The first-order valence-electron chi connectivity index (χ1n) is 5.87. The van der Waals surface area contributed by atoms with Gasteiger partial charge in [0, 0.05) is 10.7 Å². The Bertz CT molecular complexity index is 489. The Hall–Kier alpha value is -1.75. The second kappa shape index (κ2) is 6.43. The van der Waals surface area contributed by atoms with E-state index in [0.717, 1.165) is 5.56 Å². The molecule has 1 aromatic carbocycles. The molecule has 3 N–H and O–H groups in total. The number of amides is 2. The highest BCUT2D eigenvalue weighted by atomic mass is 35.5. The Morgan fingerprint density at radius 1 is 1.32 bits per heavy atom. The lowest BCUT2D eigenvalue weighted by Gasteiger charge is -2.18. The molecular weight excluding hydrogens is 268 g/mol. The van der Waals surface area contributed by atoms with Crippen molar-refractivity contribution in [3.63, 3.8) is 0 Å². The fraction of sp³-hybridized carbons (Fsp3) is 0.385. The molecule has 0 aliphatic carbocycles. The molecule has 0 spiro atoms. The molecule has 0 radical (unpaired) electrons. The third-order valence-corrected chi connectivity index (χ3v) is 3.06. The average Bonchev–Trinajstić information content (AvgIpc) is 2.30. The first kappa shape index (κ1) is 15.3. The van der Waals surface area contributed by atoms with Crippen molar-refractivity contribution in [2.75, 3.05) is 5.32 Å². The van der Waals surface area contributed by atoms with E-state index >= 15 is 0 Å². The Morgan fingerprint density at radius 2 is 1.95 bits per heavy atom. The van der Waals surface area contributed by atoms with E-state index in [1.165, 1.54) is 0 Å². The number of carboxylic acids is 1. The number of hydrogen-bond donors (Lipinski definition) is 3. The van der Waals surface area contributed by atoms with Crippen molar-refractivity contribution in [1.82, 2.24) is 5.32 Å². The number of aliphatic carboxylic acids is 1. The van der Waals surface area contributed by atoms with Gasteiger partial charge in [-0.2, -0.15) is 0 Å². The molecule has 5 nitrogen and oxygen atoms in total. The number of urea groups is 1. The Labute approximate surface area is 117 Å². The summed E-state index contributed by atoms with van der Waals surface area (Å²) in [6.45, 7) is 5.30. The molecule has 0 aliphatic rings. The van der Waals surface area contributed by atoms with Crippen molar-refractivity contribution in [2.45, 2.75) is 26.8 Å². The molecule has 0 saturated carbocycles. The lowest BCUT2D eigenvalue weighted by molar-refractivity contribution is -0.140. The van der Waals surface area contributed by atoms with E-state index in [2.05, 4.69) is 10.6 Å². The fourth-order valence-corrected chi connectivity index (χ4v) is 1.67. The number of anilines is 1. The SMILES string of the molecule is Cc1ccc(NC(=O)N[C@H](C(=O)O)C(C)C)cc1Cl. The van der Waals surface area contributed by atoms with Crippen molar-refractivity contribution in [2.24, 2.45) is 5.92 Å². The Kier molecular flexibility index (Phi) is 5.18. The molecule has 0 heterocycles. The van der Waals surface area contributed by atoms with Crippen LogP contribution in [0.3, 0.4) is 0 Å². The summed E-state index contributed by atoms with van der Waals surface area (Å²) in [5.41, 5.74) is 1.42. The second-order valence-electron chi connectivity index (χ2n) is 4.62. The van der Waals surface area contributed by atoms with E-state index in [0.29, 0.717) is 10.7 Å². The quantitative estimate of drug-likeness (QED) is 0.795. The van der Waals surface area contributed by atoms with Crippen molar-refractivity contribution < 1.29 is 14.7 Å². The van der Waals surface area contributed by atoms with E-state index in [9.17, 15) is 9.59 Å². The maximum atomic E-state index is 11.7. The van der Waals surface area contributed by atoms with E-state index in [4.69, 9.17) is 16.7 Å². The monoisotopic (exact) mass is 284 g/mol. The molecule has 1 rings (SSSR count). The van der Waals surface area contributed by atoms with Gasteiger partial charge in [0.1, 0.15) is 6.04 Å². The van der Waals surface area contributed by atoms with Gasteiger partial charge in [0.2, 0.25) is 0 Å². The predicted molar refractivity (Wildman–Crippen MR) is 74.6 cm³/mol. The molecule has 0 unspecified atom stereocenters. The number of aryl methyl sites for hydroxylation is 1. The van der Waals surface area contributed by atoms with E-state index in [1.54, 1.807) is 32.0 Å². The molecule has 0 saturated heterocycles. The zero-order valence-electron chi connectivity index (χ0n) is 11.0. The predicted octanol–water partition coefficient (Wildman–Crippen LogP) is 2.88. The summed E-state index contributed by atoms with van der Waals surface area (Å²) in [5, 5.41) is 14.5. The highest BCUT2D eigenvalue weighted by Gasteiger charge is 2.23. The van der Waals surface area contributed by atoms with Crippen LogP contribution in [0, 0.1) is 12.8 Å². The molecule has 6 heteroatoms. The van der Waals surface area contributed by atoms with Crippen molar-refractivity contribution in [3.8, 4) is 0 Å². The number of nitrogens with one attached hydrogen (secondary N) is 2. The molecule has 0 fully saturated rings. The first-order chi connectivity index (χ1) is 8.81. The normalized spacial score (nSPS) is 12.1. The van der Waals surface area contributed by atoms with Crippen molar-refractivity contribution in [3.05, 3.63) is 28.8 Å². The summed E-state index contributed by atoms with van der Waals surface area (Å²) < 4.78 is 0. The van der Waals surface area contributed by atoms with E-state index in [-0.39, 0.29) is 5.92 Å². The second-order valence-corrected chi connectivity index (χ2v) is 5.03. The summed E-state index contributed by atoms with van der Waals surface area (Å²) in [7, 11) is 0. The lowest BCUT2D eigenvalue weighted by atomic mass is 10.1. The number of halogens is 1. The number of hydrogen-bond acceptors (Lipinski definition) is 2. The molecule has 0 aromatic heterocycles. The van der Waals surface area contributed by atoms with Crippen LogP contribution >= 0.6 is 11.6 Å². The Balaban J connectivity index is 2.69. The molecule has 2 amide bonds. The van der Waals surface area contributed by atoms with Crippen LogP contribution in [0.5, 0.6) is 0 Å². The Morgan fingerprint density at radius 3 is 2.42 bits per heavy atom. The van der Waals surface area contributed by atoms with Gasteiger partial charge >= 0.3 is 12.0 Å². The summed E-state index contributed by atoms with van der Waals surface area (Å²) in [4.78, 5) is 22.7. The number of carbonyl (C=O) groups excluding carboxylic acids is 1. The number of carboxylic acid groups (broad SMARTS) is 1. The maximum Gasteiger partial charge on any atom is 0.326 e. The lowest BCUT2D eigenvalue weighted by Crippen LogP contribution is -2.46. The highest BCUT2D eigenvalue weighted by molar-refractivity contribution is 6.31. The largest absolute Gasteiger partial charge is 0.480 e. The van der Waals surface area contributed by atoms with E-state index in [1.807, 2.05) is 6.92 Å². The third-order valence-electron chi connectivity index (χ3n) is 2.65. The molecule has 19 heavy (non-hydrogen) atoms. The minimum absolute atomic E-state index is 0.204. The third kappa shape index (κ3) is 4.44. The van der Waals surface area contributed by atoms with Crippen LogP contribution in [-0.4, -0.2) is 23.1 Å². The van der Waals surface area contributed by atoms with Gasteiger partial charge in [-0.1, -0.05) is 31.5 Å². The summed E-state index contributed by atoms with van der Waals surface area (Å²) in [6, 6.07) is 3.59. The molecule has 104 valence electrons. The summed E-state index contributed by atoms with van der Waals surface area (Å²) in [5.74, 6) is -1.27. The molecule has 1 atom stereocenters. The van der Waals surface area contributed by atoms with Crippen LogP contribution in [0.25, 0.3) is 0 Å². The first-order valence-corrected chi connectivity index (χ1v) is 6.25. The van der Waals surface area contributed by atoms with Crippen LogP contribution in [0.1, 0.15) is 19.4 Å². The highest BCUT2D eigenvalue weighted by Crippen LogP contribution is 2.19. The van der Waals surface area contributed by atoms with E-state index < -0.39 is 18.0 Å². The van der Waals surface area contributed by atoms with Gasteiger partial charge in [-0.25, -0.2) is 9.59 Å². The molecule has 0 aliphatic heterocycles. The fourth-order valence-electron chi connectivity index (χ4n) is 1.49. The van der Waals surface area contributed by atoms with Gasteiger partial charge < -0.3 is 15.7 Å². The zero-order valence-corrected chi connectivity index (χ0v) is 11.8. The van der Waals surface area contributed by atoms with Crippen LogP contribution in [-0.2, 0) is 4.79 Å². The molecular formula is C13H17ClN2O3.